The number of carboxylic acids is 1. The first-order valence-electron chi connectivity index (χ1n) is 5.09. The second-order valence-electron chi connectivity index (χ2n) is 4.28. The predicted molar refractivity (Wildman–Crippen MR) is 49.6 cm³/mol. The summed E-state index contributed by atoms with van der Waals surface area (Å²) in [7, 11) is 0. The molecule has 1 N–H and O–H groups in total. The number of carboxylic acid groups (broad SMARTS) is 1. The highest BCUT2D eigenvalue weighted by molar-refractivity contribution is 5.75. The van der Waals surface area contributed by atoms with Crippen molar-refractivity contribution in [2.24, 2.45) is 17.8 Å². The lowest BCUT2D eigenvalue weighted by molar-refractivity contribution is -0.139. The average molecular weight is 197 g/mol. The molecule has 14 heavy (non-hydrogen) atoms. The average Bonchev–Trinajstić information content (AvgIpc) is 2.75. The highest BCUT2D eigenvalue weighted by Crippen LogP contribution is 2.52. The number of carbonyl (C=O) groups is 2. The van der Waals surface area contributed by atoms with Crippen LogP contribution in [-0.4, -0.2) is 35.0 Å². The summed E-state index contributed by atoms with van der Waals surface area (Å²) in [5.41, 5.74) is 0. The number of nitrogens with zero attached hydrogens (tertiary/aromatic N) is 1. The number of carbonyl (C=O) groups excluding carboxylic acids is 1. The van der Waals surface area contributed by atoms with Crippen molar-refractivity contribution in [1.82, 2.24) is 4.90 Å². The maximum atomic E-state index is 11.1. The molecule has 0 bridgehead atoms. The molecule has 0 aromatic rings. The summed E-state index contributed by atoms with van der Waals surface area (Å²) < 4.78 is 0. The monoisotopic (exact) mass is 197 g/mol. The van der Waals surface area contributed by atoms with Gasteiger partial charge in [0.2, 0.25) is 5.91 Å². The molecule has 1 aliphatic heterocycles. The van der Waals surface area contributed by atoms with Gasteiger partial charge in [-0.1, -0.05) is 0 Å². The van der Waals surface area contributed by atoms with Gasteiger partial charge in [-0.15, -0.1) is 0 Å². The van der Waals surface area contributed by atoms with Crippen LogP contribution in [0.5, 0.6) is 0 Å². The molecule has 0 aromatic carbocycles. The summed E-state index contributed by atoms with van der Waals surface area (Å²) in [5, 5.41) is 8.87. The summed E-state index contributed by atoms with van der Waals surface area (Å²) in [6.07, 6.45) is 1.72. The lowest BCUT2D eigenvalue weighted by Gasteiger charge is -2.19. The van der Waals surface area contributed by atoms with E-state index in [0.29, 0.717) is 11.8 Å². The lowest BCUT2D eigenvalue weighted by Crippen LogP contribution is -2.30. The number of amides is 1. The van der Waals surface area contributed by atoms with E-state index in [1.54, 1.807) is 6.92 Å². The first-order chi connectivity index (χ1) is 6.61. The van der Waals surface area contributed by atoms with Crippen molar-refractivity contribution in [3.05, 3.63) is 0 Å². The van der Waals surface area contributed by atoms with Gasteiger partial charge < -0.3 is 10.0 Å². The van der Waals surface area contributed by atoms with Gasteiger partial charge in [-0.25, -0.2) is 0 Å². The summed E-state index contributed by atoms with van der Waals surface area (Å²) >= 11 is 0. The van der Waals surface area contributed by atoms with Crippen LogP contribution < -0.4 is 0 Å². The zero-order chi connectivity index (χ0) is 10.3. The molecule has 1 amide bonds. The van der Waals surface area contributed by atoms with Crippen LogP contribution in [0, 0.1) is 17.8 Å². The Bertz CT molecular complexity index is 251. The maximum Gasteiger partial charge on any atom is 0.307 e. The topological polar surface area (TPSA) is 57.6 Å². The number of hydrogen-bond acceptors (Lipinski definition) is 2. The molecule has 2 aliphatic rings. The van der Waals surface area contributed by atoms with Gasteiger partial charge in [0.15, 0.2) is 0 Å². The number of hydrogen-bond donors (Lipinski definition) is 1. The molecule has 1 saturated heterocycles. The zero-order valence-electron chi connectivity index (χ0n) is 8.27. The van der Waals surface area contributed by atoms with Gasteiger partial charge in [-0.05, 0) is 24.7 Å². The standard InChI is InChI=1S/C10H15NO3/c1-6(12)11-4-2-7-8(3-5-11)9(7)10(13)14/h7-9H,2-5H2,1H3,(H,13,14)/t7-,8+,9?. The van der Waals surface area contributed by atoms with Crippen molar-refractivity contribution in [1.29, 1.82) is 0 Å². The molecule has 2 fully saturated rings. The molecule has 0 radical (unpaired) electrons. The molecule has 1 aliphatic carbocycles. The fourth-order valence-electron chi connectivity index (χ4n) is 2.64. The Morgan fingerprint density at radius 1 is 1.21 bits per heavy atom. The minimum atomic E-state index is -0.656. The van der Waals surface area contributed by atoms with Crippen molar-refractivity contribution in [3.8, 4) is 0 Å². The second kappa shape index (κ2) is 3.26. The molecule has 2 rings (SSSR count). The normalized spacial score (nSPS) is 35.8. The SMILES string of the molecule is CC(=O)N1CC[C@@H]2C(C(=O)O)[C@@H]2CC1. The second-order valence-corrected chi connectivity index (χ2v) is 4.28. The van der Waals surface area contributed by atoms with Crippen molar-refractivity contribution < 1.29 is 14.7 Å². The fraction of sp³-hybridized carbons (Fsp3) is 0.800. The van der Waals surface area contributed by atoms with Crippen LogP contribution >= 0.6 is 0 Å². The van der Waals surface area contributed by atoms with E-state index in [1.807, 2.05) is 4.90 Å². The summed E-state index contributed by atoms with van der Waals surface area (Å²) in [6.45, 7) is 3.05. The highest BCUT2D eigenvalue weighted by Gasteiger charge is 2.55. The lowest BCUT2D eigenvalue weighted by atomic mass is 10.2. The van der Waals surface area contributed by atoms with E-state index in [1.165, 1.54) is 0 Å². The molecule has 1 unspecified atom stereocenters. The van der Waals surface area contributed by atoms with Crippen LogP contribution in [0.2, 0.25) is 0 Å². The Kier molecular flexibility index (Phi) is 2.21. The van der Waals surface area contributed by atoms with Crippen LogP contribution in [0.1, 0.15) is 19.8 Å². The van der Waals surface area contributed by atoms with Crippen molar-refractivity contribution in [2.45, 2.75) is 19.8 Å². The smallest absolute Gasteiger partial charge is 0.307 e. The third kappa shape index (κ3) is 1.49. The summed E-state index contributed by atoms with van der Waals surface area (Å²) in [4.78, 5) is 23.7. The first kappa shape index (κ1) is 9.49. The van der Waals surface area contributed by atoms with Crippen LogP contribution in [0.25, 0.3) is 0 Å². The fourth-order valence-corrected chi connectivity index (χ4v) is 2.64. The van der Waals surface area contributed by atoms with Crippen LogP contribution in [0.4, 0.5) is 0 Å². The van der Waals surface area contributed by atoms with E-state index >= 15 is 0 Å². The van der Waals surface area contributed by atoms with E-state index in [-0.39, 0.29) is 11.8 Å². The van der Waals surface area contributed by atoms with Crippen LogP contribution in [0.3, 0.4) is 0 Å². The number of fused-ring (bicyclic) bond motifs is 1. The summed E-state index contributed by atoms with van der Waals surface area (Å²) in [6, 6.07) is 0. The van der Waals surface area contributed by atoms with Crippen molar-refractivity contribution in [3.63, 3.8) is 0 Å². The number of aliphatic carboxylic acids is 1. The first-order valence-corrected chi connectivity index (χ1v) is 5.09. The quantitative estimate of drug-likeness (QED) is 0.668. The largest absolute Gasteiger partial charge is 0.481 e. The number of rotatable bonds is 1. The molecule has 1 heterocycles. The maximum absolute atomic E-state index is 11.1. The molecular formula is C10H15NO3. The van der Waals surface area contributed by atoms with E-state index in [2.05, 4.69) is 0 Å². The van der Waals surface area contributed by atoms with E-state index in [0.717, 1.165) is 25.9 Å². The van der Waals surface area contributed by atoms with Crippen molar-refractivity contribution >= 4 is 11.9 Å². The predicted octanol–water partition coefficient (Wildman–Crippen LogP) is 0.575. The van der Waals surface area contributed by atoms with Gasteiger partial charge in [-0.3, -0.25) is 9.59 Å². The molecule has 1 saturated carbocycles. The van der Waals surface area contributed by atoms with Gasteiger partial charge in [0.1, 0.15) is 0 Å². The number of likely N-dealkylation sites (tertiary alicyclic amines) is 1. The van der Waals surface area contributed by atoms with E-state index in [4.69, 9.17) is 5.11 Å². The Labute approximate surface area is 82.9 Å². The third-order valence-electron chi connectivity index (χ3n) is 3.53. The molecule has 0 aromatic heterocycles. The van der Waals surface area contributed by atoms with Gasteiger partial charge in [-0.2, -0.15) is 0 Å². The van der Waals surface area contributed by atoms with Crippen LogP contribution in [0.15, 0.2) is 0 Å². The Hall–Kier alpha value is -1.06. The van der Waals surface area contributed by atoms with Gasteiger partial charge in [0.25, 0.3) is 0 Å². The highest BCUT2D eigenvalue weighted by atomic mass is 16.4. The van der Waals surface area contributed by atoms with E-state index < -0.39 is 5.97 Å². The molecule has 3 atom stereocenters. The minimum Gasteiger partial charge on any atom is -0.481 e. The molecule has 4 heteroatoms. The third-order valence-corrected chi connectivity index (χ3v) is 3.53. The Morgan fingerprint density at radius 2 is 1.71 bits per heavy atom. The minimum absolute atomic E-state index is 0.109. The van der Waals surface area contributed by atoms with E-state index in [9.17, 15) is 9.59 Å². The van der Waals surface area contributed by atoms with Crippen molar-refractivity contribution in [2.75, 3.05) is 13.1 Å². The zero-order valence-corrected chi connectivity index (χ0v) is 8.27. The van der Waals surface area contributed by atoms with Crippen LogP contribution in [-0.2, 0) is 9.59 Å². The van der Waals surface area contributed by atoms with Gasteiger partial charge in [0.05, 0.1) is 5.92 Å². The van der Waals surface area contributed by atoms with Gasteiger partial charge >= 0.3 is 5.97 Å². The molecule has 78 valence electrons. The Balaban J connectivity index is 1.93. The molecular weight excluding hydrogens is 182 g/mol. The summed E-state index contributed by atoms with van der Waals surface area (Å²) in [5.74, 6) is -0.00717. The molecule has 4 nitrogen and oxygen atoms in total. The molecule has 0 spiro atoms. The Morgan fingerprint density at radius 3 is 2.07 bits per heavy atom. The van der Waals surface area contributed by atoms with Gasteiger partial charge in [0, 0.05) is 20.0 Å².